The number of nitrogens with zero attached hydrogens (tertiary/aromatic N) is 2. The van der Waals surface area contributed by atoms with Crippen LogP contribution in [-0.2, 0) is 14.3 Å². The van der Waals surface area contributed by atoms with Gasteiger partial charge < -0.3 is 15.2 Å². The molecule has 0 spiro atoms. The third kappa shape index (κ3) is 4.04. The van der Waals surface area contributed by atoms with Crippen LogP contribution in [0.15, 0.2) is 36.7 Å². The molecule has 0 unspecified atom stereocenters. The fraction of sp³-hybridized carbons (Fsp3) is 0.154. The van der Waals surface area contributed by atoms with Gasteiger partial charge in [0.2, 0.25) is 5.91 Å². The second-order valence-corrected chi connectivity index (χ2v) is 4.43. The summed E-state index contributed by atoms with van der Waals surface area (Å²) in [7, 11) is 0. The van der Waals surface area contributed by atoms with Crippen molar-refractivity contribution >= 4 is 29.2 Å². The molecule has 0 atom stereocenters. The summed E-state index contributed by atoms with van der Waals surface area (Å²) in [6, 6.07) is 6.75. The Morgan fingerprint density at radius 3 is 2.81 bits per heavy atom. The minimum absolute atomic E-state index is 0.364. The number of carbonyl (C=O) groups is 2. The van der Waals surface area contributed by atoms with Crippen molar-refractivity contribution in [2.24, 2.45) is 0 Å². The van der Waals surface area contributed by atoms with Gasteiger partial charge in [0.1, 0.15) is 18.9 Å². The molecule has 0 aliphatic carbocycles. The van der Waals surface area contributed by atoms with E-state index in [1.807, 2.05) is 0 Å². The zero-order valence-electron chi connectivity index (χ0n) is 10.8. The van der Waals surface area contributed by atoms with Crippen LogP contribution in [0.5, 0.6) is 0 Å². The van der Waals surface area contributed by atoms with Crippen molar-refractivity contribution in [2.75, 3.05) is 18.5 Å². The third-order valence-corrected chi connectivity index (χ3v) is 2.76. The van der Waals surface area contributed by atoms with E-state index < -0.39 is 18.5 Å². The van der Waals surface area contributed by atoms with Crippen LogP contribution in [0.1, 0.15) is 0 Å². The predicted molar refractivity (Wildman–Crippen MR) is 75.7 cm³/mol. The number of amides is 1. The van der Waals surface area contributed by atoms with Crippen molar-refractivity contribution in [1.82, 2.24) is 9.78 Å². The number of nitrogens with one attached hydrogen (secondary N) is 1. The Kier molecular flexibility index (Phi) is 4.91. The monoisotopic (exact) mass is 309 g/mol. The van der Waals surface area contributed by atoms with Gasteiger partial charge >= 0.3 is 5.97 Å². The highest BCUT2D eigenvalue weighted by atomic mass is 35.5. The summed E-state index contributed by atoms with van der Waals surface area (Å²) in [6.45, 7) is -0.896. The molecule has 1 aromatic heterocycles. The number of ether oxygens (including phenoxy) is 1. The van der Waals surface area contributed by atoms with E-state index in [4.69, 9.17) is 21.4 Å². The lowest BCUT2D eigenvalue weighted by Gasteiger charge is -2.12. The molecule has 1 aromatic carbocycles. The molecular weight excluding hydrogens is 298 g/mol. The number of benzene rings is 1. The first kappa shape index (κ1) is 15.0. The highest BCUT2D eigenvalue weighted by Gasteiger charge is 2.12. The zero-order chi connectivity index (χ0) is 15.2. The van der Waals surface area contributed by atoms with E-state index in [1.165, 1.54) is 4.68 Å². The number of hydrogen-bond acceptors (Lipinski definition) is 4. The van der Waals surface area contributed by atoms with Crippen LogP contribution in [0.4, 0.5) is 5.69 Å². The molecule has 1 heterocycles. The molecular formula is C13H12ClN3O4. The van der Waals surface area contributed by atoms with E-state index in [1.54, 1.807) is 36.7 Å². The average Bonchev–Trinajstić information content (AvgIpc) is 2.92. The van der Waals surface area contributed by atoms with E-state index in [9.17, 15) is 9.59 Å². The van der Waals surface area contributed by atoms with Gasteiger partial charge in [-0.05, 0) is 18.2 Å². The fourth-order valence-electron chi connectivity index (χ4n) is 1.67. The molecule has 2 N–H and O–H groups in total. The van der Waals surface area contributed by atoms with Crippen LogP contribution in [-0.4, -0.2) is 40.0 Å². The first-order chi connectivity index (χ1) is 10.1. The number of aromatic nitrogens is 2. The van der Waals surface area contributed by atoms with E-state index >= 15 is 0 Å². The lowest BCUT2D eigenvalue weighted by molar-refractivity contribution is -0.143. The van der Waals surface area contributed by atoms with Crippen LogP contribution >= 0.6 is 11.6 Å². The molecule has 0 saturated heterocycles. The van der Waals surface area contributed by atoms with Crippen molar-refractivity contribution in [3.05, 3.63) is 41.7 Å². The smallest absolute Gasteiger partial charge is 0.329 e. The molecule has 7 nitrogen and oxygen atoms in total. The Bertz CT molecular complexity index is 643. The first-order valence-electron chi connectivity index (χ1n) is 5.96. The summed E-state index contributed by atoms with van der Waals surface area (Å²) in [5.41, 5.74) is 0.978. The van der Waals surface area contributed by atoms with Crippen molar-refractivity contribution in [1.29, 1.82) is 0 Å². The van der Waals surface area contributed by atoms with Crippen molar-refractivity contribution in [2.45, 2.75) is 0 Å². The zero-order valence-corrected chi connectivity index (χ0v) is 11.6. The maximum absolute atomic E-state index is 11.7. The van der Waals surface area contributed by atoms with Crippen LogP contribution in [0, 0.1) is 0 Å². The molecule has 0 aliphatic rings. The van der Waals surface area contributed by atoms with Gasteiger partial charge in [0, 0.05) is 12.4 Å². The lowest BCUT2D eigenvalue weighted by atomic mass is 10.2. The number of carbonyl (C=O) groups excluding carboxylic acids is 1. The van der Waals surface area contributed by atoms with Gasteiger partial charge in [-0.25, -0.2) is 9.48 Å². The average molecular weight is 310 g/mol. The number of carboxylic acids is 1. The number of anilines is 1. The third-order valence-electron chi connectivity index (χ3n) is 2.45. The van der Waals surface area contributed by atoms with Gasteiger partial charge in [-0.2, -0.15) is 5.10 Å². The summed E-state index contributed by atoms with van der Waals surface area (Å²) in [6.07, 6.45) is 3.28. The molecule has 0 radical (unpaired) electrons. The van der Waals surface area contributed by atoms with Crippen molar-refractivity contribution in [3.63, 3.8) is 0 Å². The summed E-state index contributed by atoms with van der Waals surface area (Å²) in [5.74, 6) is -1.62. The molecule has 8 heteroatoms. The van der Waals surface area contributed by atoms with Crippen molar-refractivity contribution in [3.8, 4) is 5.69 Å². The summed E-state index contributed by atoms with van der Waals surface area (Å²) >= 11 is 6.13. The molecule has 0 bridgehead atoms. The van der Waals surface area contributed by atoms with Crippen LogP contribution in [0.3, 0.4) is 0 Å². The van der Waals surface area contributed by atoms with Gasteiger partial charge in [0.15, 0.2) is 0 Å². The number of rotatable bonds is 6. The normalized spacial score (nSPS) is 10.3. The van der Waals surface area contributed by atoms with Crippen molar-refractivity contribution < 1.29 is 19.4 Å². The SMILES string of the molecule is O=C(O)COCC(=O)Nc1cccc(Cl)c1-n1cccn1. The Labute approximate surface area is 125 Å². The highest BCUT2D eigenvalue weighted by molar-refractivity contribution is 6.33. The predicted octanol–water partition coefficient (Wildman–Crippen LogP) is 1.57. The molecule has 0 fully saturated rings. The lowest BCUT2D eigenvalue weighted by Crippen LogP contribution is -2.21. The topological polar surface area (TPSA) is 93.5 Å². The van der Waals surface area contributed by atoms with E-state index in [0.717, 1.165) is 0 Å². The molecule has 110 valence electrons. The Morgan fingerprint density at radius 1 is 1.33 bits per heavy atom. The Balaban J connectivity index is 2.12. The largest absolute Gasteiger partial charge is 0.480 e. The van der Waals surface area contributed by atoms with Gasteiger partial charge in [0.05, 0.1) is 10.7 Å². The van der Waals surface area contributed by atoms with E-state index in [-0.39, 0.29) is 6.61 Å². The molecule has 21 heavy (non-hydrogen) atoms. The number of carboxylic acid groups (broad SMARTS) is 1. The van der Waals surface area contributed by atoms with Gasteiger partial charge in [-0.3, -0.25) is 4.79 Å². The summed E-state index contributed by atoms with van der Waals surface area (Å²) < 4.78 is 6.25. The second-order valence-electron chi connectivity index (χ2n) is 4.02. The minimum atomic E-state index is -1.14. The number of para-hydroxylation sites is 1. The Morgan fingerprint density at radius 2 is 2.14 bits per heavy atom. The molecule has 2 rings (SSSR count). The van der Waals surface area contributed by atoms with Crippen LogP contribution < -0.4 is 5.32 Å². The van der Waals surface area contributed by atoms with E-state index in [2.05, 4.69) is 10.4 Å². The molecule has 2 aromatic rings. The quantitative estimate of drug-likeness (QED) is 0.844. The summed E-state index contributed by atoms with van der Waals surface area (Å²) in [4.78, 5) is 22.0. The van der Waals surface area contributed by atoms with E-state index in [0.29, 0.717) is 16.4 Å². The summed E-state index contributed by atoms with van der Waals surface area (Å²) in [5, 5.41) is 15.5. The molecule has 0 aliphatic heterocycles. The fourth-order valence-corrected chi connectivity index (χ4v) is 1.93. The number of aliphatic carboxylic acids is 1. The maximum Gasteiger partial charge on any atom is 0.329 e. The van der Waals surface area contributed by atoms with Gasteiger partial charge in [-0.1, -0.05) is 17.7 Å². The van der Waals surface area contributed by atoms with Crippen LogP contribution in [0.25, 0.3) is 5.69 Å². The molecule has 0 saturated carbocycles. The number of halogens is 1. The standard InChI is InChI=1S/C13H12ClN3O4/c14-9-3-1-4-10(13(9)17-6-2-5-15-17)16-11(18)7-21-8-12(19)20/h1-6H,7-8H2,(H,16,18)(H,19,20). The van der Waals surface area contributed by atoms with Gasteiger partial charge in [0.25, 0.3) is 0 Å². The minimum Gasteiger partial charge on any atom is -0.480 e. The highest BCUT2D eigenvalue weighted by Crippen LogP contribution is 2.27. The maximum atomic E-state index is 11.7. The first-order valence-corrected chi connectivity index (χ1v) is 6.33. The Hall–Kier alpha value is -2.38. The van der Waals surface area contributed by atoms with Crippen LogP contribution in [0.2, 0.25) is 5.02 Å². The van der Waals surface area contributed by atoms with Gasteiger partial charge in [-0.15, -0.1) is 0 Å². The number of hydrogen-bond donors (Lipinski definition) is 2. The second kappa shape index (κ2) is 6.87. The molecule has 1 amide bonds.